The van der Waals surface area contributed by atoms with E-state index in [1.807, 2.05) is 0 Å². The molecule has 0 aliphatic carbocycles. The molecule has 0 radical (unpaired) electrons. The predicted octanol–water partition coefficient (Wildman–Crippen LogP) is -1.21. The highest BCUT2D eigenvalue weighted by Gasteiger charge is 2.35. The first-order valence-electron chi connectivity index (χ1n) is 5.72. The maximum Gasteiger partial charge on any atom is 0.330 e. The summed E-state index contributed by atoms with van der Waals surface area (Å²) in [5.74, 6) is 0. The molecule has 7 nitrogen and oxygen atoms in total. The Balaban J connectivity index is 2.45. The second-order valence-corrected chi connectivity index (χ2v) is 4.45. The van der Waals surface area contributed by atoms with Crippen molar-refractivity contribution in [3.8, 4) is 0 Å². The van der Waals surface area contributed by atoms with Crippen LogP contribution in [0, 0.1) is 13.8 Å². The maximum atomic E-state index is 11.8. The molecule has 2 heterocycles. The molecule has 3 N–H and O–H groups in total. The lowest BCUT2D eigenvalue weighted by molar-refractivity contribution is -0.0466. The smallest absolute Gasteiger partial charge is 0.330 e. The summed E-state index contributed by atoms with van der Waals surface area (Å²) >= 11 is 0. The topological polar surface area (TPSA) is 105 Å². The molecule has 1 saturated heterocycles. The Morgan fingerprint density at radius 3 is 2.67 bits per heavy atom. The quantitative estimate of drug-likeness (QED) is 0.616. The summed E-state index contributed by atoms with van der Waals surface area (Å²) < 4.78 is 6.71. The second-order valence-electron chi connectivity index (χ2n) is 4.45. The van der Waals surface area contributed by atoms with Gasteiger partial charge in [-0.05, 0) is 13.8 Å². The number of nitrogens with zero attached hydrogens (tertiary/aromatic N) is 1. The van der Waals surface area contributed by atoms with Crippen LogP contribution in [0.2, 0.25) is 0 Å². The highest BCUT2D eigenvalue weighted by atomic mass is 16.5. The average molecular weight is 256 g/mol. The molecule has 1 aliphatic rings. The zero-order valence-electron chi connectivity index (χ0n) is 10.2. The largest absolute Gasteiger partial charge is 0.394 e. The van der Waals surface area contributed by atoms with Gasteiger partial charge in [-0.3, -0.25) is 14.3 Å². The van der Waals surface area contributed by atoms with E-state index in [4.69, 9.17) is 9.84 Å². The van der Waals surface area contributed by atoms with Gasteiger partial charge in [-0.1, -0.05) is 0 Å². The lowest BCUT2D eigenvalue weighted by atomic mass is 10.2. The summed E-state index contributed by atoms with van der Waals surface area (Å²) in [5.41, 5.74) is -0.0652. The molecule has 1 fully saturated rings. The molecule has 100 valence electrons. The summed E-state index contributed by atoms with van der Waals surface area (Å²) in [6, 6.07) is 0. The Morgan fingerprint density at radius 1 is 1.44 bits per heavy atom. The van der Waals surface area contributed by atoms with Gasteiger partial charge in [0.2, 0.25) is 0 Å². The van der Waals surface area contributed by atoms with Gasteiger partial charge in [-0.15, -0.1) is 0 Å². The number of hydrogen-bond acceptors (Lipinski definition) is 5. The predicted molar refractivity (Wildman–Crippen MR) is 62.4 cm³/mol. The van der Waals surface area contributed by atoms with Gasteiger partial charge < -0.3 is 14.9 Å². The lowest BCUT2D eigenvalue weighted by Crippen LogP contribution is -2.36. The van der Waals surface area contributed by atoms with Crippen LogP contribution in [-0.4, -0.2) is 38.6 Å². The van der Waals surface area contributed by atoms with Gasteiger partial charge in [0.15, 0.2) is 0 Å². The first-order chi connectivity index (χ1) is 8.45. The van der Waals surface area contributed by atoms with Crippen molar-refractivity contribution in [3.63, 3.8) is 0 Å². The number of aromatic nitrogens is 2. The molecular formula is C11H16N2O5. The molecule has 0 amide bonds. The second kappa shape index (κ2) is 4.68. The molecule has 0 bridgehead atoms. The van der Waals surface area contributed by atoms with Crippen LogP contribution >= 0.6 is 0 Å². The van der Waals surface area contributed by atoms with Gasteiger partial charge in [0, 0.05) is 17.7 Å². The Labute approximate surface area is 103 Å². The molecule has 1 aliphatic heterocycles. The van der Waals surface area contributed by atoms with E-state index in [0.717, 1.165) is 0 Å². The highest BCUT2D eigenvalue weighted by molar-refractivity contribution is 5.14. The Morgan fingerprint density at radius 2 is 2.11 bits per heavy atom. The fraction of sp³-hybridized carbons (Fsp3) is 0.636. The fourth-order valence-corrected chi connectivity index (χ4v) is 2.13. The molecule has 1 aromatic heterocycles. The van der Waals surface area contributed by atoms with E-state index < -0.39 is 29.7 Å². The summed E-state index contributed by atoms with van der Waals surface area (Å²) in [6.45, 7) is 2.95. The van der Waals surface area contributed by atoms with E-state index >= 15 is 0 Å². The average Bonchev–Trinajstić information content (AvgIpc) is 2.67. The lowest BCUT2D eigenvalue weighted by Gasteiger charge is -2.18. The monoisotopic (exact) mass is 256 g/mol. The Hall–Kier alpha value is -1.44. The molecule has 3 atom stereocenters. The zero-order valence-corrected chi connectivity index (χ0v) is 10.2. The van der Waals surface area contributed by atoms with Crippen LogP contribution in [0.25, 0.3) is 0 Å². The molecule has 0 saturated carbocycles. The molecular weight excluding hydrogens is 240 g/mol. The summed E-state index contributed by atoms with van der Waals surface area (Å²) in [6.07, 6.45) is -1.98. The number of nitrogens with one attached hydrogen (secondary N) is 1. The van der Waals surface area contributed by atoms with Gasteiger partial charge >= 0.3 is 5.69 Å². The first kappa shape index (κ1) is 13.0. The third kappa shape index (κ3) is 2.00. The van der Waals surface area contributed by atoms with E-state index in [1.165, 1.54) is 4.57 Å². The van der Waals surface area contributed by atoms with Gasteiger partial charge in [0.1, 0.15) is 12.3 Å². The van der Waals surface area contributed by atoms with Crippen molar-refractivity contribution in [1.82, 2.24) is 9.55 Å². The van der Waals surface area contributed by atoms with Crippen molar-refractivity contribution >= 4 is 0 Å². The van der Waals surface area contributed by atoms with Crippen LogP contribution in [0.4, 0.5) is 0 Å². The minimum absolute atomic E-state index is 0.206. The number of aromatic amines is 1. The minimum Gasteiger partial charge on any atom is -0.394 e. The van der Waals surface area contributed by atoms with Gasteiger partial charge in [-0.25, -0.2) is 4.79 Å². The van der Waals surface area contributed by atoms with Crippen LogP contribution in [0.15, 0.2) is 9.59 Å². The van der Waals surface area contributed by atoms with Crippen molar-refractivity contribution in [1.29, 1.82) is 0 Å². The maximum absolute atomic E-state index is 11.8. The van der Waals surface area contributed by atoms with Gasteiger partial charge in [0.25, 0.3) is 5.56 Å². The molecule has 0 spiro atoms. The number of aliphatic hydroxyl groups excluding tert-OH is 2. The SMILES string of the molecule is Cc1c(C)n([C@@H]2CC(O)[C@H](CO)O2)c(=O)[nH]c1=O. The van der Waals surface area contributed by atoms with Crippen molar-refractivity contribution in [2.45, 2.75) is 38.7 Å². The van der Waals surface area contributed by atoms with E-state index in [2.05, 4.69) is 4.98 Å². The van der Waals surface area contributed by atoms with E-state index in [-0.39, 0.29) is 13.0 Å². The zero-order chi connectivity index (χ0) is 13.4. The molecule has 18 heavy (non-hydrogen) atoms. The third-order valence-corrected chi connectivity index (χ3v) is 3.36. The minimum atomic E-state index is -0.821. The van der Waals surface area contributed by atoms with Crippen LogP contribution in [0.1, 0.15) is 23.9 Å². The summed E-state index contributed by atoms with van der Waals surface area (Å²) in [7, 11) is 0. The normalized spacial score (nSPS) is 27.7. The van der Waals surface area contributed by atoms with Gasteiger partial charge in [0.05, 0.1) is 12.7 Å². The highest BCUT2D eigenvalue weighted by Crippen LogP contribution is 2.28. The fourth-order valence-electron chi connectivity index (χ4n) is 2.13. The van der Waals surface area contributed by atoms with Gasteiger partial charge in [-0.2, -0.15) is 0 Å². The van der Waals surface area contributed by atoms with Crippen molar-refractivity contribution in [2.75, 3.05) is 6.61 Å². The molecule has 7 heteroatoms. The first-order valence-corrected chi connectivity index (χ1v) is 5.72. The standard InChI is InChI=1S/C11H16N2O5/c1-5-6(2)13(11(17)12-10(5)16)9-3-7(15)8(4-14)18-9/h7-9,14-15H,3-4H2,1-2H3,(H,12,16,17)/t7?,8-,9-/m0/s1. The van der Waals surface area contributed by atoms with Crippen LogP contribution in [0.3, 0.4) is 0 Å². The number of rotatable bonds is 2. The van der Waals surface area contributed by atoms with E-state index in [0.29, 0.717) is 11.3 Å². The number of aliphatic hydroxyl groups is 2. The Kier molecular flexibility index (Phi) is 3.38. The Bertz CT molecular complexity index is 562. The van der Waals surface area contributed by atoms with Crippen LogP contribution in [-0.2, 0) is 4.74 Å². The van der Waals surface area contributed by atoms with Crippen LogP contribution < -0.4 is 11.2 Å². The number of hydrogen-bond donors (Lipinski definition) is 3. The van der Waals surface area contributed by atoms with Crippen molar-refractivity contribution in [2.24, 2.45) is 0 Å². The molecule has 0 aromatic carbocycles. The molecule has 1 aromatic rings. The van der Waals surface area contributed by atoms with Crippen molar-refractivity contribution < 1.29 is 14.9 Å². The summed E-state index contributed by atoms with van der Waals surface area (Å²) in [5, 5.41) is 18.7. The van der Waals surface area contributed by atoms with E-state index in [1.54, 1.807) is 13.8 Å². The molecule has 2 rings (SSSR count). The molecule has 1 unspecified atom stereocenters. The van der Waals surface area contributed by atoms with Crippen molar-refractivity contribution in [3.05, 3.63) is 32.1 Å². The number of ether oxygens (including phenoxy) is 1. The summed E-state index contributed by atoms with van der Waals surface area (Å²) in [4.78, 5) is 25.4. The number of H-pyrrole nitrogens is 1. The third-order valence-electron chi connectivity index (χ3n) is 3.36. The van der Waals surface area contributed by atoms with Crippen LogP contribution in [0.5, 0.6) is 0 Å². The van der Waals surface area contributed by atoms with E-state index in [9.17, 15) is 14.7 Å².